The van der Waals surface area contributed by atoms with Gasteiger partial charge in [0, 0.05) is 5.56 Å². The Morgan fingerprint density at radius 3 is 2.45 bits per heavy atom. The van der Waals surface area contributed by atoms with Crippen LogP contribution in [0, 0.1) is 17.3 Å². The normalized spacial score (nSPS) is 8.00. The summed E-state index contributed by atoms with van der Waals surface area (Å²) in [6, 6.07) is 9.44. The maximum Gasteiger partial charge on any atom is 0.168 e. The molecule has 1 aromatic rings. The Morgan fingerprint density at radius 2 is 1.91 bits per heavy atom. The molecular weight excluding hydrogens is 136 g/mol. The zero-order valence-electron chi connectivity index (χ0n) is 5.96. The summed E-state index contributed by atoms with van der Waals surface area (Å²) >= 11 is 0. The molecule has 0 spiro atoms. The Bertz CT molecular complexity index is 303. The topological polar surface area (TPSA) is 49.9 Å². The minimum absolute atomic E-state index is 0.103. The number of nitrogens with one attached hydrogen (secondary N) is 1. The fourth-order valence-electron chi connectivity index (χ4n) is 0.661. The molecule has 0 atom stereocenters. The van der Waals surface area contributed by atoms with Gasteiger partial charge in [-0.05, 0) is 18.1 Å². The Balaban J connectivity index is 2.83. The Hall–Kier alpha value is -1.75. The molecule has 11 heavy (non-hydrogen) atoms. The van der Waals surface area contributed by atoms with Gasteiger partial charge in [0.2, 0.25) is 0 Å². The van der Waals surface area contributed by atoms with Gasteiger partial charge >= 0.3 is 0 Å². The zero-order chi connectivity index (χ0) is 8.10. The van der Waals surface area contributed by atoms with Crippen molar-refractivity contribution in [2.45, 2.75) is 0 Å². The predicted molar refractivity (Wildman–Crippen MR) is 45.2 cm³/mol. The molecule has 0 unspecified atom stereocenters. The molecule has 0 aliphatic rings. The first-order valence-electron chi connectivity index (χ1n) is 3.20. The molecule has 0 heterocycles. The average molecular weight is 144 g/mol. The van der Waals surface area contributed by atoms with Crippen molar-refractivity contribution >= 4 is 5.84 Å². The smallest absolute Gasteiger partial charge is 0.168 e. The third-order valence-electron chi connectivity index (χ3n) is 1.12. The van der Waals surface area contributed by atoms with Gasteiger partial charge in [0.1, 0.15) is 0 Å². The maximum atomic E-state index is 6.85. The number of hydrogen-bond donors (Lipinski definition) is 2. The van der Waals surface area contributed by atoms with E-state index in [9.17, 15) is 0 Å². The van der Waals surface area contributed by atoms with E-state index < -0.39 is 0 Å². The lowest BCUT2D eigenvalue weighted by molar-refractivity contribution is 1.48. The summed E-state index contributed by atoms with van der Waals surface area (Å²) in [7, 11) is 0. The zero-order valence-corrected chi connectivity index (χ0v) is 5.96. The van der Waals surface area contributed by atoms with Crippen molar-refractivity contribution in [1.82, 2.24) is 0 Å². The van der Waals surface area contributed by atoms with Gasteiger partial charge in [-0.3, -0.25) is 5.41 Å². The van der Waals surface area contributed by atoms with Crippen LogP contribution in [0.25, 0.3) is 0 Å². The van der Waals surface area contributed by atoms with Crippen LogP contribution in [0.4, 0.5) is 0 Å². The van der Waals surface area contributed by atoms with E-state index in [0.29, 0.717) is 0 Å². The molecule has 0 saturated heterocycles. The quantitative estimate of drug-likeness (QED) is 0.318. The second-order valence-electron chi connectivity index (χ2n) is 2.03. The van der Waals surface area contributed by atoms with Crippen LogP contribution < -0.4 is 5.73 Å². The molecule has 0 saturated carbocycles. The van der Waals surface area contributed by atoms with Crippen molar-refractivity contribution in [3.8, 4) is 11.8 Å². The fraction of sp³-hybridized carbons (Fsp3) is 0. The molecule has 54 valence electrons. The van der Waals surface area contributed by atoms with Crippen LogP contribution in [-0.2, 0) is 0 Å². The Morgan fingerprint density at radius 1 is 1.27 bits per heavy atom. The Labute approximate surface area is 65.6 Å². The number of rotatable bonds is 0. The summed E-state index contributed by atoms with van der Waals surface area (Å²) in [5.41, 5.74) is 5.93. The van der Waals surface area contributed by atoms with Gasteiger partial charge in [0.05, 0.1) is 0 Å². The lowest BCUT2D eigenvalue weighted by atomic mass is 10.2. The second-order valence-corrected chi connectivity index (χ2v) is 2.03. The molecule has 3 N–H and O–H groups in total. The van der Waals surface area contributed by atoms with Gasteiger partial charge in [0.25, 0.3) is 0 Å². The first-order valence-corrected chi connectivity index (χ1v) is 3.20. The molecule has 0 radical (unpaired) electrons. The van der Waals surface area contributed by atoms with Crippen molar-refractivity contribution in [2.24, 2.45) is 5.73 Å². The van der Waals surface area contributed by atoms with E-state index in [1.54, 1.807) is 0 Å². The van der Waals surface area contributed by atoms with Crippen LogP contribution in [-0.4, -0.2) is 5.84 Å². The molecule has 0 bridgehead atoms. The third kappa shape index (κ3) is 2.55. The van der Waals surface area contributed by atoms with E-state index in [4.69, 9.17) is 11.1 Å². The third-order valence-corrected chi connectivity index (χ3v) is 1.12. The first kappa shape index (κ1) is 7.36. The largest absolute Gasteiger partial charge is 0.377 e. The number of benzene rings is 1. The van der Waals surface area contributed by atoms with E-state index in [1.165, 1.54) is 0 Å². The molecule has 0 aliphatic carbocycles. The van der Waals surface area contributed by atoms with Crippen LogP contribution in [0.5, 0.6) is 0 Å². The fourth-order valence-corrected chi connectivity index (χ4v) is 0.661. The highest BCUT2D eigenvalue weighted by Gasteiger charge is 1.80. The summed E-state index contributed by atoms with van der Waals surface area (Å²) in [6.45, 7) is 0. The van der Waals surface area contributed by atoms with Crippen molar-refractivity contribution < 1.29 is 0 Å². The molecule has 0 amide bonds. The van der Waals surface area contributed by atoms with Crippen LogP contribution in [0.15, 0.2) is 30.3 Å². The van der Waals surface area contributed by atoms with Crippen LogP contribution >= 0.6 is 0 Å². The molecule has 2 nitrogen and oxygen atoms in total. The summed E-state index contributed by atoms with van der Waals surface area (Å²) in [6.07, 6.45) is 0. The SMILES string of the molecule is N=C(N)C#Cc1ccccc1. The molecule has 1 aromatic carbocycles. The van der Waals surface area contributed by atoms with E-state index in [2.05, 4.69) is 11.8 Å². The maximum absolute atomic E-state index is 6.85. The highest BCUT2D eigenvalue weighted by molar-refractivity contribution is 5.94. The molecule has 0 aromatic heterocycles. The monoisotopic (exact) mass is 144 g/mol. The van der Waals surface area contributed by atoms with Gasteiger partial charge in [0.15, 0.2) is 5.84 Å². The molecule has 2 heteroatoms. The minimum atomic E-state index is -0.103. The standard InChI is InChI=1S/C9H8N2/c10-9(11)7-6-8-4-2-1-3-5-8/h1-5H,(H3,10,11). The van der Waals surface area contributed by atoms with Crippen molar-refractivity contribution in [1.29, 1.82) is 5.41 Å². The highest BCUT2D eigenvalue weighted by Crippen LogP contribution is 1.93. The van der Waals surface area contributed by atoms with Gasteiger partial charge in [-0.15, -0.1) is 0 Å². The first-order chi connectivity index (χ1) is 5.29. The highest BCUT2D eigenvalue weighted by atomic mass is 14.7. The average Bonchev–Trinajstić information content (AvgIpc) is 2.03. The molecular formula is C9H8N2. The summed E-state index contributed by atoms with van der Waals surface area (Å²) in [5.74, 6) is 5.11. The van der Waals surface area contributed by atoms with Crippen LogP contribution in [0.3, 0.4) is 0 Å². The van der Waals surface area contributed by atoms with Crippen LogP contribution in [0.1, 0.15) is 5.56 Å². The van der Waals surface area contributed by atoms with Crippen LogP contribution in [0.2, 0.25) is 0 Å². The van der Waals surface area contributed by atoms with E-state index in [1.807, 2.05) is 30.3 Å². The van der Waals surface area contributed by atoms with Gasteiger partial charge < -0.3 is 5.73 Å². The van der Waals surface area contributed by atoms with Gasteiger partial charge in [-0.2, -0.15) is 0 Å². The number of amidine groups is 1. The van der Waals surface area contributed by atoms with Gasteiger partial charge in [-0.1, -0.05) is 24.1 Å². The van der Waals surface area contributed by atoms with E-state index >= 15 is 0 Å². The van der Waals surface area contributed by atoms with Gasteiger partial charge in [-0.25, -0.2) is 0 Å². The summed E-state index contributed by atoms with van der Waals surface area (Å²) in [5, 5.41) is 6.85. The second kappa shape index (κ2) is 3.43. The Kier molecular flexibility index (Phi) is 2.29. The predicted octanol–water partition coefficient (Wildman–Crippen LogP) is 0.974. The lowest BCUT2D eigenvalue weighted by Gasteiger charge is -1.85. The number of nitrogens with two attached hydrogens (primary N) is 1. The van der Waals surface area contributed by atoms with E-state index in [0.717, 1.165) is 5.56 Å². The summed E-state index contributed by atoms with van der Waals surface area (Å²) < 4.78 is 0. The van der Waals surface area contributed by atoms with Crippen molar-refractivity contribution in [3.05, 3.63) is 35.9 Å². The number of hydrogen-bond acceptors (Lipinski definition) is 1. The molecule has 0 aliphatic heterocycles. The van der Waals surface area contributed by atoms with Crippen molar-refractivity contribution in [3.63, 3.8) is 0 Å². The minimum Gasteiger partial charge on any atom is -0.377 e. The lowest BCUT2D eigenvalue weighted by Crippen LogP contribution is -2.04. The molecule has 1 rings (SSSR count). The molecule has 0 fully saturated rings. The summed E-state index contributed by atoms with van der Waals surface area (Å²) in [4.78, 5) is 0. The van der Waals surface area contributed by atoms with E-state index in [-0.39, 0.29) is 5.84 Å². The van der Waals surface area contributed by atoms with Crippen molar-refractivity contribution in [2.75, 3.05) is 0 Å².